The number of likely N-dealkylation sites (N-methyl/N-ethyl adjacent to an activating group) is 1. The molecule has 10 heavy (non-hydrogen) atoms. The second-order valence-corrected chi connectivity index (χ2v) is 2.11. The molecule has 0 bridgehead atoms. The molecular weight excluding hydrogens is 134 g/mol. The van der Waals surface area contributed by atoms with Crippen molar-refractivity contribution >= 4 is 5.96 Å². The van der Waals surface area contributed by atoms with Crippen LogP contribution in [0.25, 0.3) is 0 Å². The van der Waals surface area contributed by atoms with Gasteiger partial charge < -0.3 is 20.1 Å². The fourth-order valence-electron chi connectivity index (χ4n) is 0.702. The van der Waals surface area contributed by atoms with Crippen molar-refractivity contribution in [2.24, 2.45) is 5.73 Å². The highest BCUT2D eigenvalue weighted by Crippen LogP contribution is 2.05. The molecule has 1 aliphatic heterocycles. The van der Waals surface area contributed by atoms with E-state index in [0.29, 0.717) is 13.4 Å². The largest absolute Gasteiger partial charge is 0.370 e. The minimum absolute atomic E-state index is 0.00417. The second-order valence-electron chi connectivity index (χ2n) is 2.11. The minimum Gasteiger partial charge on any atom is -0.370 e. The summed E-state index contributed by atoms with van der Waals surface area (Å²) >= 11 is 0. The van der Waals surface area contributed by atoms with E-state index in [-0.39, 0.29) is 12.2 Å². The molecule has 1 aliphatic rings. The van der Waals surface area contributed by atoms with Crippen LogP contribution in [-0.4, -0.2) is 37.5 Å². The molecule has 3 N–H and O–H groups in total. The average Bonchev–Trinajstić information content (AvgIpc) is 2.36. The highest BCUT2D eigenvalue weighted by molar-refractivity contribution is 5.74. The summed E-state index contributed by atoms with van der Waals surface area (Å²) < 4.78 is 9.97. The van der Waals surface area contributed by atoms with Gasteiger partial charge in [-0.3, -0.25) is 5.41 Å². The van der Waals surface area contributed by atoms with Crippen molar-refractivity contribution in [3.63, 3.8) is 0 Å². The van der Waals surface area contributed by atoms with Crippen molar-refractivity contribution in [2.45, 2.75) is 6.23 Å². The molecule has 0 aromatic heterocycles. The molecule has 0 amide bonds. The first-order valence-electron chi connectivity index (χ1n) is 2.98. The number of rotatable bonds is 1. The van der Waals surface area contributed by atoms with Crippen LogP contribution in [0.4, 0.5) is 0 Å². The normalized spacial score (nSPS) is 24.7. The van der Waals surface area contributed by atoms with Crippen LogP contribution in [0, 0.1) is 5.41 Å². The Kier molecular flexibility index (Phi) is 2.08. The predicted molar refractivity (Wildman–Crippen MR) is 35.4 cm³/mol. The lowest BCUT2D eigenvalue weighted by atomic mass is 10.5. The molecule has 0 saturated carbocycles. The van der Waals surface area contributed by atoms with Gasteiger partial charge in [0, 0.05) is 7.05 Å². The molecule has 1 atom stereocenters. The molecule has 1 heterocycles. The summed E-state index contributed by atoms with van der Waals surface area (Å²) in [6.45, 7) is 0.776. The van der Waals surface area contributed by atoms with Crippen molar-refractivity contribution < 1.29 is 9.47 Å². The van der Waals surface area contributed by atoms with E-state index in [9.17, 15) is 0 Å². The van der Waals surface area contributed by atoms with E-state index >= 15 is 0 Å². The van der Waals surface area contributed by atoms with E-state index in [1.807, 2.05) is 0 Å². The first-order chi connectivity index (χ1) is 4.72. The van der Waals surface area contributed by atoms with Gasteiger partial charge in [-0.2, -0.15) is 0 Å². The summed E-state index contributed by atoms with van der Waals surface area (Å²) in [5.74, 6) is -0.00417. The first-order valence-corrected chi connectivity index (χ1v) is 2.98. The third kappa shape index (κ3) is 1.37. The Hall–Kier alpha value is -0.810. The van der Waals surface area contributed by atoms with Gasteiger partial charge in [-0.25, -0.2) is 0 Å². The standard InChI is InChI=1S/C5H11N3O2/c1-8(5(6)7)4-2-9-3-10-4/h4H,2-3H2,1H3,(H3,6,7). The minimum atomic E-state index is -0.183. The number of hydrogen-bond acceptors (Lipinski definition) is 3. The number of hydrogen-bond donors (Lipinski definition) is 2. The third-order valence-electron chi connectivity index (χ3n) is 1.42. The maximum Gasteiger partial charge on any atom is 0.190 e. The number of nitrogens with zero attached hydrogens (tertiary/aromatic N) is 1. The summed E-state index contributed by atoms with van der Waals surface area (Å²) in [5.41, 5.74) is 5.19. The molecule has 0 aliphatic carbocycles. The zero-order valence-electron chi connectivity index (χ0n) is 5.83. The zero-order chi connectivity index (χ0) is 7.56. The van der Waals surface area contributed by atoms with Gasteiger partial charge in [0.25, 0.3) is 0 Å². The quantitative estimate of drug-likeness (QED) is 0.372. The highest BCUT2D eigenvalue weighted by Gasteiger charge is 2.21. The lowest BCUT2D eigenvalue weighted by Gasteiger charge is -2.21. The summed E-state index contributed by atoms with van der Waals surface area (Å²) in [6, 6.07) is 0. The van der Waals surface area contributed by atoms with Crippen LogP contribution >= 0.6 is 0 Å². The summed E-state index contributed by atoms with van der Waals surface area (Å²) in [4.78, 5) is 1.52. The zero-order valence-corrected chi connectivity index (χ0v) is 5.83. The summed E-state index contributed by atoms with van der Waals surface area (Å²) in [7, 11) is 1.70. The Balaban J connectivity index is 2.39. The molecule has 0 radical (unpaired) electrons. The number of nitrogens with two attached hydrogens (primary N) is 1. The van der Waals surface area contributed by atoms with E-state index in [1.54, 1.807) is 7.05 Å². The van der Waals surface area contributed by atoms with Crippen LogP contribution in [0.3, 0.4) is 0 Å². The molecule has 1 rings (SSSR count). The van der Waals surface area contributed by atoms with Gasteiger partial charge in [0.05, 0.1) is 6.61 Å². The average molecular weight is 145 g/mol. The Morgan fingerprint density at radius 3 is 2.90 bits per heavy atom. The van der Waals surface area contributed by atoms with Crippen molar-refractivity contribution in [1.82, 2.24) is 4.90 Å². The van der Waals surface area contributed by atoms with Crippen LogP contribution in [0.5, 0.6) is 0 Å². The van der Waals surface area contributed by atoms with E-state index in [4.69, 9.17) is 20.6 Å². The topological polar surface area (TPSA) is 71.6 Å². The molecule has 5 nitrogen and oxygen atoms in total. The molecule has 0 aromatic carbocycles. The van der Waals surface area contributed by atoms with Crippen LogP contribution in [-0.2, 0) is 9.47 Å². The SMILES string of the molecule is CN(C(=N)N)C1COCO1. The van der Waals surface area contributed by atoms with E-state index < -0.39 is 0 Å². The van der Waals surface area contributed by atoms with Crippen LogP contribution in [0.15, 0.2) is 0 Å². The van der Waals surface area contributed by atoms with Crippen molar-refractivity contribution in [2.75, 3.05) is 20.4 Å². The fourth-order valence-corrected chi connectivity index (χ4v) is 0.702. The molecule has 0 spiro atoms. The number of guanidine groups is 1. The lowest BCUT2D eigenvalue weighted by Crippen LogP contribution is -2.42. The van der Waals surface area contributed by atoms with Crippen molar-refractivity contribution in [3.8, 4) is 0 Å². The Morgan fingerprint density at radius 2 is 2.50 bits per heavy atom. The van der Waals surface area contributed by atoms with Gasteiger partial charge >= 0.3 is 0 Å². The lowest BCUT2D eigenvalue weighted by molar-refractivity contribution is 0.0105. The van der Waals surface area contributed by atoms with Crippen molar-refractivity contribution in [1.29, 1.82) is 5.41 Å². The van der Waals surface area contributed by atoms with Gasteiger partial charge in [0.1, 0.15) is 6.79 Å². The summed E-state index contributed by atoms with van der Waals surface area (Å²) in [5, 5.41) is 7.03. The molecular formula is C5H11N3O2. The van der Waals surface area contributed by atoms with Crippen LogP contribution in [0.1, 0.15) is 0 Å². The Labute approximate surface area is 59.2 Å². The van der Waals surface area contributed by atoms with Gasteiger partial charge in [0.15, 0.2) is 12.2 Å². The molecule has 1 unspecified atom stereocenters. The first kappa shape index (κ1) is 7.30. The molecule has 5 heteroatoms. The third-order valence-corrected chi connectivity index (χ3v) is 1.42. The highest BCUT2D eigenvalue weighted by atomic mass is 16.7. The second kappa shape index (κ2) is 2.85. The monoisotopic (exact) mass is 145 g/mol. The van der Waals surface area contributed by atoms with Crippen LogP contribution in [0.2, 0.25) is 0 Å². The predicted octanol–water partition coefficient (Wildman–Crippen LogP) is -0.858. The molecule has 1 saturated heterocycles. The molecule has 0 aromatic rings. The van der Waals surface area contributed by atoms with Crippen molar-refractivity contribution in [3.05, 3.63) is 0 Å². The van der Waals surface area contributed by atoms with E-state index in [2.05, 4.69) is 0 Å². The van der Waals surface area contributed by atoms with E-state index in [0.717, 1.165) is 0 Å². The number of ether oxygens (including phenoxy) is 2. The maximum atomic E-state index is 7.03. The van der Waals surface area contributed by atoms with Gasteiger partial charge in [0.2, 0.25) is 0 Å². The van der Waals surface area contributed by atoms with E-state index in [1.165, 1.54) is 4.90 Å². The molecule has 1 fully saturated rings. The van der Waals surface area contributed by atoms with Crippen LogP contribution < -0.4 is 5.73 Å². The Morgan fingerprint density at radius 1 is 1.80 bits per heavy atom. The van der Waals surface area contributed by atoms with Gasteiger partial charge in [-0.05, 0) is 0 Å². The smallest absolute Gasteiger partial charge is 0.190 e. The number of nitrogens with one attached hydrogen (secondary N) is 1. The fraction of sp³-hybridized carbons (Fsp3) is 0.800. The Bertz CT molecular complexity index is 133. The molecule has 58 valence electrons. The maximum absolute atomic E-state index is 7.03. The summed E-state index contributed by atoms with van der Waals surface area (Å²) in [6.07, 6.45) is -0.183. The van der Waals surface area contributed by atoms with Gasteiger partial charge in [-0.1, -0.05) is 0 Å². The van der Waals surface area contributed by atoms with Gasteiger partial charge in [-0.15, -0.1) is 0 Å².